The van der Waals surface area contributed by atoms with Crippen LogP contribution in [0.25, 0.3) is 11.0 Å². The second-order valence-corrected chi connectivity index (χ2v) is 9.13. The lowest BCUT2D eigenvalue weighted by Gasteiger charge is -2.23. The first-order valence-electron chi connectivity index (χ1n) is 12.0. The normalized spacial score (nSPS) is 16.1. The molecule has 1 aliphatic rings. The number of rotatable bonds is 9. The average molecular weight is 555 g/mol. The molecule has 4 aromatic rings. The molecule has 2 heterocycles. The van der Waals surface area contributed by atoms with E-state index < -0.39 is 41.9 Å². The van der Waals surface area contributed by atoms with Gasteiger partial charge in [0.2, 0.25) is 5.91 Å². The van der Waals surface area contributed by atoms with E-state index in [4.69, 9.17) is 10.00 Å². The van der Waals surface area contributed by atoms with Gasteiger partial charge in [-0.1, -0.05) is 12.1 Å². The standard InChI is InChI=1S/C27H22F4N6O3/c1-36-13-33-24-20(36)10-22(34-23-19(29)7-15(11-32)8-21(23)40-27(30)31)35-25(24)37(26(38)17-9-18(17)28)12-14-3-5-16(39-2)6-4-14/h3-8,10,13,17-18,27H,9,12H2,1-2H3,(H,34,35)/t17-,18+/m0/s1. The number of pyridine rings is 1. The van der Waals surface area contributed by atoms with Gasteiger partial charge in [0.05, 0.1) is 43.0 Å². The molecule has 0 bridgehead atoms. The summed E-state index contributed by atoms with van der Waals surface area (Å²) in [6, 6.07) is 11.9. The maximum absolute atomic E-state index is 15.0. The highest BCUT2D eigenvalue weighted by Crippen LogP contribution is 2.39. The van der Waals surface area contributed by atoms with Crippen LogP contribution in [0.1, 0.15) is 17.5 Å². The number of nitrogens with one attached hydrogen (secondary N) is 1. The van der Waals surface area contributed by atoms with Gasteiger partial charge in [0.25, 0.3) is 0 Å². The molecule has 1 aliphatic carbocycles. The molecule has 0 unspecified atom stereocenters. The maximum atomic E-state index is 15.0. The highest BCUT2D eigenvalue weighted by atomic mass is 19.3. The molecule has 9 nitrogen and oxygen atoms in total. The number of anilines is 3. The van der Waals surface area contributed by atoms with Crippen LogP contribution in [-0.2, 0) is 18.4 Å². The van der Waals surface area contributed by atoms with Gasteiger partial charge in [-0.15, -0.1) is 0 Å². The molecule has 206 valence electrons. The maximum Gasteiger partial charge on any atom is 0.387 e. The van der Waals surface area contributed by atoms with Crippen molar-refractivity contribution in [2.45, 2.75) is 25.7 Å². The number of amides is 1. The van der Waals surface area contributed by atoms with Gasteiger partial charge in [0, 0.05) is 19.2 Å². The molecule has 0 spiro atoms. The van der Waals surface area contributed by atoms with Gasteiger partial charge in [-0.05, 0) is 30.2 Å². The molecule has 1 amide bonds. The number of alkyl halides is 3. The molecule has 2 aromatic heterocycles. The van der Waals surface area contributed by atoms with E-state index in [0.717, 1.165) is 12.1 Å². The molecule has 2 aromatic carbocycles. The van der Waals surface area contributed by atoms with Crippen molar-refractivity contribution in [3.05, 3.63) is 65.7 Å². The Kier molecular flexibility index (Phi) is 7.17. The molecule has 40 heavy (non-hydrogen) atoms. The number of hydrogen-bond donors (Lipinski definition) is 1. The number of benzene rings is 2. The minimum Gasteiger partial charge on any atom is -0.497 e. The van der Waals surface area contributed by atoms with Gasteiger partial charge in [-0.25, -0.2) is 18.7 Å². The quantitative estimate of drug-likeness (QED) is 0.283. The fourth-order valence-corrected chi connectivity index (χ4v) is 4.24. The van der Waals surface area contributed by atoms with E-state index in [1.807, 2.05) is 0 Å². The van der Waals surface area contributed by atoms with E-state index >= 15 is 0 Å². The van der Waals surface area contributed by atoms with Crippen LogP contribution in [-0.4, -0.2) is 40.3 Å². The largest absolute Gasteiger partial charge is 0.497 e. The number of nitriles is 1. The third-order valence-corrected chi connectivity index (χ3v) is 6.40. The van der Waals surface area contributed by atoms with E-state index in [1.54, 1.807) is 41.9 Å². The van der Waals surface area contributed by atoms with Crippen molar-refractivity contribution < 1.29 is 31.8 Å². The molecular weight excluding hydrogens is 532 g/mol. The van der Waals surface area contributed by atoms with Gasteiger partial charge < -0.3 is 19.4 Å². The SMILES string of the molecule is COc1ccc(CN(C(=O)[C@H]2C[C@H]2F)c2nc(Nc3c(F)cc(C#N)cc3OC(F)F)cc3c2ncn3C)cc1. The molecule has 5 rings (SSSR count). The highest BCUT2D eigenvalue weighted by molar-refractivity contribution is 6.03. The summed E-state index contributed by atoms with van der Waals surface area (Å²) in [4.78, 5) is 23.6. The van der Waals surface area contributed by atoms with E-state index in [2.05, 4.69) is 20.0 Å². The van der Waals surface area contributed by atoms with Crippen molar-refractivity contribution in [3.8, 4) is 17.6 Å². The number of nitrogens with zero attached hydrogens (tertiary/aromatic N) is 5. The van der Waals surface area contributed by atoms with E-state index in [1.165, 1.54) is 24.4 Å². The second-order valence-electron chi connectivity index (χ2n) is 9.13. The first-order valence-corrected chi connectivity index (χ1v) is 12.0. The van der Waals surface area contributed by atoms with Crippen molar-refractivity contribution in [2.75, 3.05) is 17.3 Å². The Morgan fingerprint density at radius 1 is 1.27 bits per heavy atom. The molecule has 1 N–H and O–H groups in total. The predicted octanol–water partition coefficient (Wildman–Crippen LogP) is 5.22. The monoisotopic (exact) mass is 554 g/mol. The summed E-state index contributed by atoms with van der Waals surface area (Å²) in [5.41, 5.74) is 0.766. The Balaban J connectivity index is 1.61. The van der Waals surface area contributed by atoms with Crippen LogP contribution in [0.5, 0.6) is 11.5 Å². The molecule has 0 saturated heterocycles. The van der Waals surface area contributed by atoms with Crippen LogP contribution < -0.4 is 19.7 Å². The van der Waals surface area contributed by atoms with Gasteiger partial charge in [0.1, 0.15) is 28.9 Å². The van der Waals surface area contributed by atoms with Gasteiger partial charge in [0.15, 0.2) is 17.4 Å². The zero-order chi connectivity index (χ0) is 28.6. The van der Waals surface area contributed by atoms with Crippen LogP contribution in [0.4, 0.5) is 34.9 Å². The number of halogens is 4. The number of fused-ring (bicyclic) bond motifs is 1. The van der Waals surface area contributed by atoms with E-state index in [-0.39, 0.29) is 30.2 Å². The second kappa shape index (κ2) is 10.7. The van der Waals surface area contributed by atoms with Gasteiger partial charge in [-0.2, -0.15) is 14.0 Å². The lowest BCUT2D eigenvalue weighted by Crippen LogP contribution is -2.33. The predicted molar refractivity (Wildman–Crippen MR) is 137 cm³/mol. The summed E-state index contributed by atoms with van der Waals surface area (Å²) in [5, 5.41) is 11.8. The minimum atomic E-state index is -3.29. The van der Waals surface area contributed by atoms with Crippen molar-refractivity contribution in [1.29, 1.82) is 5.26 Å². The summed E-state index contributed by atoms with van der Waals surface area (Å²) in [5.74, 6) is -2.36. The summed E-state index contributed by atoms with van der Waals surface area (Å²) in [6.07, 6.45) is 0.276. The number of ether oxygens (including phenoxy) is 2. The number of carbonyl (C=O) groups is 1. The lowest BCUT2D eigenvalue weighted by molar-refractivity contribution is -0.120. The first kappa shape index (κ1) is 26.7. The fraction of sp³-hybridized carbons (Fsp3) is 0.259. The number of methoxy groups -OCH3 is 1. The van der Waals surface area contributed by atoms with Crippen LogP contribution in [0.2, 0.25) is 0 Å². The van der Waals surface area contributed by atoms with Crippen molar-refractivity contribution in [1.82, 2.24) is 14.5 Å². The van der Waals surface area contributed by atoms with E-state index in [0.29, 0.717) is 22.3 Å². The summed E-state index contributed by atoms with van der Waals surface area (Å²) >= 11 is 0. The van der Waals surface area contributed by atoms with Crippen LogP contribution in [0, 0.1) is 23.1 Å². The number of hydrogen-bond acceptors (Lipinski definition) is 7. The van der Waals surface area contributed by atoms with Crippen LogP contribution in [0.15, 0.2) is 48.8 Å². The summed E-state index contributed by atoms with van der Waals surface area (Å²) in [7, 11) is 3.21. The zero-order valence-electron chi connectivity index (χ0n) is 21.2. The topological polar surface area (TPSA) is 105 Å². The number of carbonyl (C=O) groups excluding carboxylic acids is 1. The molecule has 1 saturated carbocycles. The molecule has 13 heteroatoms. The van der Waals surface area contributed by atoms with Crippen molar-refractivity contribution in [2.24, 2.45) is 13.0 Å². The summed E-state index contributed by atoms with van der Waals surface area (Å²) < 4.78 is 66.4. The molecule has 0 radical (unpaired) electrons. The molecule has 0 aliphatic heterocycles. The average Bonchev–Trinajstić information content (AvgIpc) is 3.56. The van der Waals surface area contributed by atoms with E-state index in [9.17, 15) is 22.4 Å². The molecular formula is C27H22F4N6O3. The number of aromatic nitrogens is 3. The molecule has 2 atom stereocenters. The van der Waals surface area contributed by atoms with Gasteiger partial charge >= 0.3 is 6.61 Å². The third-order valence-electron chi connectivity index (χ3n) is 6.40. The first-order chi connectivity index (χ1) is 19.2. The lowest BCUT2D eigenvalue weighted by atomic mass is 10.1. The zero-order valence-corrected chi connectivity index (χ0v) is 21.2. The Morgan fingerprint density at radius 2 is 2.00 bits per heavy atom. The van der Waals surface area contributed by atoms with Crippen molar-refractivity contribution in [3.63, 3.8) is 0 Å². The fourth-order valence-electron chi connectivity index (χ4n) is 4.24. The highest BCUT2D eigenvalue weighted by Gasteiger charge is 2.46. The number of imidazole rings is 1. The Labute approximate surface area is 225 Å². The Morgan fingerprint density at radius 3 is 2.62 bits per heavy atom. The third kappa shape index (κ3) is 5.33. The Bertz CT molecular complexity index is 1620. The minimum absolute atomic E-state index is 0.0130. The number of aryl methyl sites for hydroxylation is 1. The van der Waals surface area contributed by atoms with Crippen LogP contribution in [0.3, 0.4) is 0 Å². The van der Waals surface area contributed by atoms with Gasteiger partial charge in [-0.3, -0.25) is 9.69 Å². The van der Waals surface area contributed by atoms with Crippen LogP contribution >= 0.6 is 0 Å². The smallest absolute Gasteiger partial charge is 0.387 e. The molecule has 1 fully saturated rings. The van der Waals surface area contributed by atoms with Crippen molar-refractivity contribution >= 4 is 34.3 Å². The Hall–Kier alpha value is -4.86. The summed E-state index contributed by atoms with van der Waals surface area (Å²) in [6.45, 7) is -3.28.